The van der Waals surface area contributed by atoms with Crippen molar-refractivity contribution in [3.63, 3.8) is 0 Å². The quantitative estimate of drug-likeness (QED) is 0.897. The maximum absolute atomic E-state index is 11.8. The van der Waals surface area contributed by atoms with E-state index in [0.29, 0.717) is 0 Å². The van der Waals surface area contributed by atoms with Gasteiger partial charge in [0.25, 0.3) is 0 Å². The topological polar surface area (TPSA) is 72.4 Å². The molecule has 0 radical (unpaired) electrons. The van der Waals surface area contributed by atoms with Gasteiger partial charge in [-0.1, -0.05) is 60.7 Å². The molecule has 3 fully saturated rings. The van der Waals surface area contributed by atoms with E-state index < -0.39 is 0 Å². The maximum atomic E-state index is 11.8. The molecule has 3 saturated heterocycles. The predicted octanol–water partition coefficient (Wildman–Crippen LogP) is 1.95. The Hall–Kier alpha value is -2.17. The summed E-state index contributed by atoms with van der Waals surface area (Å²) < 4.78 is 0. The van der Waals surface area contributed by atoms with Crippen LogP contribution in [0.1, 0.15) is 23.5 Å². The van der Waals surface area contributed by atoms with Gasteiger partial charge in [0.1, 0.15) is 0 Å². The summed E-state index contributed by atoms with van der Waals surface area (Å²) >= 11 is 0. The smallest absolute Gasteiger partial charge is 0.222 e. The lowest BCUT2D eigenvalue weighted by Crippen LogP contribution is -2.68. The normalized spacial score (nSPS) is 31.2. The fourth-order valence-electron chi connectivity index (χ4n) is 4.87. The van der Waals surface area contributed by atoms with Crippen LogP contribution in [0.3, 0.4) is 0 Å². The molecule has 4 heteroatoms. The highest BCUT2D eigenvalue weighted by atomic mass is 16.1. The number of benzene rings is 2. The zero-order valence-corrected chi connectivity index (χ0v) is 14.3. The fourth-order valence-corrected chi connectivity index (χ4v) is 4.87. The van der Waals surface area contributed by atoms with Crippen LogP contribution in [0.5, 0.6) is 0 Å². The number of nitrogens with two attached hydrogens (primary N) is 2. The lowest BCUT2D eigenvalue weighted by Gasteiger charge is -2.55. The van der Waals surface area contributed by atoms with Crippen LogP contribution in [0.25, 0.3) is 0 Å². The molecule has 3 aliphatic rings. The van der Waals surface area contributed by atoms with Gasteiger partial charge in [0, 0.05) is 24.5 Å². The third-order valence-corrected chi connectivity index (χ3v) is 6.03. The van der Waals surface area contributed by atoms with Crippen molar-refractivity contribution < 1.29 is 4.79 Å². The maximum Gasteiger partial charge on any atom is 0.222 e. The molecule has 2 unspecified atom stereocenters. The average molecular weight is 335 g/mol. The number of carbonyl (C=O) groups is 1. The molecular weight excluding hydrogens is 310 g/mol. The monoisotopic (exact) mass is 335 g/mol. The van der Waals surface area contributed by atoms with Gasteiger partial charge in [-0.3, -0.25) is 9.69 Å². The van der Waals surface area contributed by atoms with E-state index in [4.69, 9.17) is 11.5 Å². The van der Waals surface area contributed by atoms with Crippen molar-refractivity contribution in [3.8, 4) is 0 Å². The highest BCUT2D eigenvalue weighted by molar-refractivity contribution is 5.77. The Morgan fingerprint density at radius 3 is 2.04 bits per heavy atom. The number of primary amides is 1. The molecule has 0 spiro atoms. The molecular formula is C21H25N3O. The lowest BCUT2D eigenvalue weighted by atomic mass is 9.67. The van der Waals surface area contributed by atoms with Crippen LogP contribution < -0.4 is 11.5 Å². The summed E-state index contributed by atoms with van der Waals surface area (Å²) in [4.78, 5) is 14.2. The minimum Gasteiger partial charge on any atom is -0.369 e. The van der Waals surface area contributed by atoms with Crippen molar-refractivity contribution in [2.45, 2.75) is 24.4 Å². The molecule has 4 nitrogen and oxygen atoms in total. The Morgan fingerprint density at radius 2 is 1.56 bits per heavy atom. The molecule has 5 atom stereocenters. The molecule has 0 aromatic heterocycles. The van der Waals surface area contributed by atoms with Crippen LogP contribution in [0.2, 0.25) is 0 Å². The summed E-state index contributed by atoms with van der Waals surface area (Å²) in [6, 6.07) is 21.3. The first-order valence-corrected chi connectivity index (χ1v) is 9.05. The van der Waals surface area contributed by atoms with Crippen molar-refractivity contribution >= 4 is 5.91 Å². The van der Waals surface area contributed by atoms with E-state index in [0.717, 1.165) is 19.5 Å². The molecule has 0 aliphatic carbocycles. The van der Waals surface area contributed by atoms with Crippen LogP contribution in [-0.2, 0) is 4.79 Å². The zero-order chi connectivity index (χ0) is 17.4. The van der Waals surface area contributed by atoms with Crippen molar-refractivity contribution in [1.82, 2.24) is 4.90 Å². The van der Waals surface area contributed by atoms with Crippen LogP contribution >= 0.6 is 0 Å². The van der Waals surface area contributed by atoms with E-state index in [1.54, 1.807) is 0 Å². The van der Waals surface area contributed by atoms with Crippen molar-refractivity contribution in [2.75, 3.05) is 13.1 Å². The van der Waals surface area contributed by atoms with Crippen LogP contribution in [0, 0.1) is 11.8 Å². The minimum atomic E-state index is -0.209. The van der Waals surface area contributed by atoms with Crippen molar-refractivity contribution in [2.24, 2.45) is 23.3 Å². The molecule has 1 amide bonds. The van der Waals surface area contributed by atoms with E-state index >= 15 is 0 Å². The van der Waals surface area contributed by atoms with Gasteiger partial charge in [-0.05, 0) is 30.0 Å². The molecule has 3 aliphatic heterocycles. The number of rotatable bonds is 4. The second kappa shape index (κ2) is 6.62. The molecule has 3 heterocycles. The fraction of sp³-hybridized carbons (Fsp3) is 0.381. The van der Waals surface area contributed by atoms with Gasteiger partial charge < -0.3 is 11.5 Å². The molecule has 2 bridgehead atoms. The lowest BCUT2D eigenvalue weighted by molar-refractivity contribution is -0.131. The number of carbonyl (C=O) groups excluding carboxylic acids is 1. The number of hydrogen-bond donors (Lipinski definition) is 2. The first kappa shape index (κ1) is 16.3. The number of piperidine rings is 3. The Kier molecular flexibility index (Phi) is 4.32. The Labute approximate surface area is 148 Å². The third-order valence-electron chi connectivity index (χ3n) is 6.03. The van der Waals surface area contributed by atoms with Gasteiger partial charge in [0.2, 0.25) is 5.91 Å². The SMILES string of the molecule is NC(=O)C1CN2CC[C@@H]1[C@H](N)[C@@H]2C(c1ccccc1)c1ccccc1. The minimum absolute atomic E-state index is 0.0505. The highest BCUT2D eigenvalue weighted by Crippen LogP contribution is 2.43. The van der Waals surface area contributed by atoms with E-state index in [2.05, 4.69) is 53.4 Å². The first-order chi connectivity index (χ1) is 12.2. The van der Waals surface area contributed by atoms with E-state index in [1.165, 1.54) is 11.1 Å². The second-order valence-corrected chi connectivity index (χ2v) is 7.32. The standard InChI is InChI=1S/C21H25N3O/c22-19-16-11-12-24(13-17(16)21(23)25)20(19)18(14-7-3-1-4-8-14)15-9-5-2-6-10-15/h1-10,16-20H,11-13,22H2,(H2,23,25)/t16-,17?,19-,20-/m0/s1. The number of hydrogen-bond acceptors (Lipinski definition) is 3. The van der Waals surface area contributed by atoms with Crippen LogP contribution in [0.4, 0.5) is 0 Å². The number of amides is 1. The Morgan fingerprint density at radius 1 is 1.00 bits per heavy atom. The molecule has 25 heavy (non-hydrogen) atoms. The molecule has 2 aromatic rings. The predicted molar refractivity (Wildman–Crippen MR) is 98.9 cm³/mol. The number of fused-ring (bicyclic) bond motifs is 3. The Bertz CT molecular complexity index is 692. The van der Waals surface area contributed by atoms with E-state index in [1.807, 2.05) is 12.1 Å². The van der Waals surface area contributed by atoms with Gasteiger partial charge in [-0.2, -0.15) is 0 Å². The average Bonchev–Trinajstić information content (AvgIpc) is 2.66. The third kappa shape index (κ3) is 2.86. The summed E-state index contributed by atoms with van der Waals surface area (Å²) in [6.45, 7) is 1.72. The zero-order valence-electron chi connectivity index (χ0n) is 14.3. The van der Waals surface area contributed by atoms with Gasteiger partial charge >= 0.3 is 0 Å². The molecule has 4 N–H and O–H groups in total. The Balaban J connectivity index is 1.75. The molecule has 130 valence electrons. The summed E-state index contributed by atoms with van der Waals surface area (Å²) in [5.74, 6) is 0.0585. The summed E-state index contributed by atoms with van der Waals surface area (Å²) in [7, 11) is 0. The van der Waals surface area contributed by atoms with E-state index in [-0.39, 0.29) is 35.7 Å². The van der Waals surface area contributed by atoms with Crippen LogP contribution in [-0.4, -0.2) is 36.0 Å². The van der Waals surface area contributed by atoms with Gasteiger partial charge in [0.15, 0.2) is 0 Å². The summed E-state index contributed by atoms with van der Waals surface area (Å²) in [6.07, 6.45) is 0.960. The molecule has 0 saturated carbocycles. The van der Waals surface area contributed by atoms with Crippen molar-refractivity contribution in [1.29, 1.82) is 0 Å². The summed E-state index contributed by atoms with van der Waals surface area (Å²) in [5.41, 5.74) is 14.9. The molecule has 5 rings (SSSR count). The van der Waals surface area contributed by atoms with Crippen molar-refractivity contribution in [3.05, 3.63) is 71.8 Å². The summed E-state index contributed by atoms with van der Waals surface area (Å²) in [5, 5.41) is 0. The number of nitrogens with zero attached hydrogens (tertiary/aromatic N) is 1. The molecule has 2 aromatic carbocycles. The largest absolute Gasteiger partial charge is 0.369 e. The second-order valence-electron chi connectivity index (χ2n) is 7.32. The van der Waals surface area contributed by atoms with Gasteiger partial charge in [-0.15, -0.1) is 0 Å². The van der Waals surface area contributed by atoms with Gasteiger partial charge in [-0.25, -0.2) is 0 Å². The van der Waals surface area contributed by atoms with E-state index in [9.17, 15) is 4.79 Å². The highest BCUT2D eigenvalue weighted by Gasteiger charge is 2.50. The van der Waals surface area contributed by atoms with Crippen LogP contribution in [0.15, 0.2) is 60.7 Å². The first-order valence-electron chi connectivity index (χ1n) is 9.05. The van der Waals surface area contributed by atoms with Gasteiger partial charge in [0.05, 0.1) is 5.92 Å².